The Kier molecular flexibility index (Phi) is 6.19. The molecule has 0 bridgehead atoms. The molecule has 1 aromatic heterocycles. The Labute approximate surface area is 170 Å². The number of furan rings is 1. The highest BCUT2D eigenvalue weighted by molar-refractivity contribution is 7.95. The number of aryl methyl sites for hydroxylation is 1. The lowest BCUT2D eigenvalue weighted by Crippen LogP contribution is -2.26. The minimum Gasteiger partial charge on any atom is -0.464 e. The summed E-state index contributed by atoms with van der Waals surface area (Å²) in [5.74, 6) is 1.31. The summed E-state index contributed by atoms with van der Waals surface area (Å²) >= 11 is 0. The highest BCUT2D eigenvalue weighted by atomic mass is 32.2. The molecule has 0 spiro atoms. The van der Waals surface area contributed by atoms with Crippen LogP contribution in [0, 0.1) is 6.92 Å². The van der Waals surface area contributed by atoms with Gasteiger partial charge in [-0.1, -0.05) is 30.3 Å². The number of sulfonamides is 1. The number of carbonyl (C=O) groups is 1. The minimum absolute atomic E-state index is 0.183. The molecule has 29 heavy (non-hydrogen) atoms. The molecule has 150 valence electrons. The fourth-order valence-corrected chi connectivity index (χ4v) is 3.58. The summed E-state index contributed by atoms with van der Waals surface area (Å²) in [4.78, 5) is 14.1. The van der Waals surface area contributed by atoms with E-state index in [1.807, 2.05) is 49.4 Å². The molecule has 3 aromatic rings. The molecule has 0 aliphatic rings. The average Bonchev–Trinajstić information content (AvgIpc) is 3.11. The maximum absolute atomic E-state index is 12.5. The molecule has 7 heteroatoms. The Morgan fingerprint density at radius 1 is 1.03 bits per heavy atom. The SMILES string of the molecule is Cc1ccc(CN(C)C(=O)c2ccc(NS(=O)(=O)/C=C/c3ccccc3)cc2)o1. The number of nitrogens with one attached hydrogen (secondary N) is 1. The van der Waals surface area contributed by atoms with Crippen LogP contribution in [-0.4, -0.2) is 26.3 Å². The van der Waals surface area contributed by atoms with Gasteiger partial charge in [-0.05, 0) is 55.0 Å². The van der Waals surface area contributed by atoms with Gasteiger partial charge in [-0.2, -0.15) is 0 Å². The van der Waals surface area contributed by atoms with Gasteiger partial charge in [0.25, 0.3) is 15.9 Å². The highest BCUT2D eigenvalue weighted by Crippen LogP contribution is 2.16. The third kappa shape index (κ3) is 5.83. The molecule has 6 nitrogen and oxygen atoms in total. The molecule has 0 unspecified atom stereocenters. The fraction of sp³-hybridized carbons (Fsp3) is 0.136. The van der Waals surface area contributed by atoms with Crippen molar-refractivity contribution in [2.75, 3.05) is 11.8 Å². The van der Waals surface area contributed by atoms with Crippen LogP contribution in [0.5, 0.6) is 0 Å². The summed E-state index contributed by atoms with van der Waals surface area (Å²) in [7, 11) is -1.97. The van der Waals surface area contributed by atoms with E-state index in [2.05, 4.69) is 4.72 Å². The van der Waals surface area contributed by atoms with Crippen molar-refractivity contribution in [3.05, 3.63) is 94.8 Å². The Morgan fingerprint density at radius 2 is 1.72 bits per heavy atom. The van der Waals surface area contributed by atoms with E-state index in [-0.39, 0.29) is 5.91 Å². The molecule has 1 amide bonds. The zero-order chi connectivity index (χ0) is 20.9. The molecule has 0 saturated heterocycles. The smallest absolute Gasteiger partial charge is 0.255 e. The zero-order valence-corrected chi connectivity index (χ0v) is 17.0. The largest absolute Gasteiger partial charge is 0.464 e. The first-order valence-electron chi connectivity index (χ1n) is 8.99. The van der Waals surface area contributed by atoms with Gasteiger partial charge in [0.2, 0.25) is 0 Å². The maximum atomic E-state index is 12.5. The van der Waals surface area contributed by atoms with Crippen LogP contribution in [0.4, 0.5) is 5.69 Å². The van der Waals surface area contributed by atoms with Gasteiger partial charge in [0.1, 0.15) is 11.5 Å². The Bertz CT molecular complexity index is 1100. The van der Waals surface area contributed by atoms with E-state index in [4.69, 9.17) is 4.42 Å². The van der Waals surface area contributed by atoms with E-state index in [9.17, 15) is 13.2 Å². The number of rotatable bonds is 7. The van der Waals surface area contributed by atoms with Crippen LogP contribution >= 0.6 is 0 Å². The van der Waals surface area contributed by atoms with Gasteiger partial charge < -0.3 is 9.32 Å². The van der Waals surface area contributed by atoms with Crippen molar-refractivity contribution in [3.63, 3.8) is 0 Å². The lowest BCUT2D eigenvalue weighted by Gasteiger charge is -2.16. The molecule has 2 aromatic carbocycles. The number of nitrogens with zero attached hydrogens (tertiary/aromatic N) is 1. The monoisotopic (exact) mass is 410 g/mol. The lowest BCUT2D eigenvalue weighted by molar-refractivity contribution is 0.0775. The van der Waals surface area contributed by atoms with Gasteiger partial charge in [-0.25, -0.2) is 8.42 Å². The standard InChI is InChI=1S/C22H22N2O4S/c1-17-8-13-21(28-17)16-24(2)22(25)19-9-11-20(12-10-19)23-29(26,27)15-14-18-6-4-3-5-7-18/h3-15,23H,16H2,1-2H3/b15-14+. The summed E-state index contributed by atoms with van der Waals surface area (Å²) in [5, 5.41) is 1.11. The van der Waals surface area contributed by atoms with Crippen molar-refractivity contribution in [2.24, 2.45) is 0 Å². The average molecular weight is 410 g/mol. The molecule has 3 rings (SSSR count). The highest BCUT2D eigenvalue weighted by Gasteiger charge is 2.14. The Hall–Kier alpha value is -3.32. The normalized spacial score (nSPS) is 11.5. The molecule has 1 heterocycles. The number of amides is 1. The molecule has 0 radical (unpaired) electrons. The first-order valence-corrected chi connectivity index (χ1v) is 10.5. The van der Waals surface area contributed by atoms with Crippen LogP contribution in [0.1, 0.15) is 27.4 Å². The minimum atomic E-state index is -3.66. The van der Waals surface area contributed by atoms with Crippen molar-refractivity contribution >= 4 is 27.7 Å². The summed E-state index contributed by atoms with van der Waals surface area (Å²) in [6, 6.07) is 19.1. The molecule has 0 atom stereocenters. The molecule has 0 aliphatic carbocycles. The van der Waals surface area contributed by atoms with Crippen molar-refractivity contribution in [3.8, 4) is 0 Å². The van der Waals surface area contributed by atoms with E-state index in [1.54, 1.807) is 36.2 Å². The predicted octanol–water partition coefficient (Wildman–Crippen LogP) is 4.27. The second-order valence-electron chi connectivity index (χ2n) is 6.61. The molecule has 1 N–H and O–H groups in total. The van der Waals surface area contributed by atoms with Crippen LogP contribution in [0.25, 0.3) is 6.08 Å². The third-order valence-electron chi connectivity index (χ3n) is 4.17. The van der Waals surface area contributed by atoms with E-state index in [0.717, 1.165) is 16.7 Å². The van der Waals surface area contributed by atoms with Crippen LogP contribution in [0.2, 0.25) is 0 Å². The molecular weight excluding hydrogens is 388 g/mol. The second kappa shape index (κ2) is 8.79. The van der Waals surface area contributed by atoms with Crippen molar-refractivity contribution < 1.29 is 17.6 Å². The zero-order valence-electron chi connectivity index (χ0n) is 16.2. The van der Waals surface area contributed by atoms with Gasteiger partial charge in [0.05, 0.1) is 12.0 Å². The number of benzene rings is 2. The van der Waals surface area contributed by atoms with Crippen LogP contribution in [0.3, 0.4) is 0 Å². The van der Waals surface area contributed by atoms with E-state index < -0.39 is 10.0 Å². The third-order valence-corrected chi connectivity index (χ3v) is 5.18. The number of hydrogen-bond donors (Lipinski definition) is 1. The summed E-state index contributed by atoms with van der Waals surface area (Å²) in [6.45, 7) is 2.20. The van der Waals surface area contributed by atoms with Crippen LogP contribution < -0.4 is 4.72 Å². The first-order chi connectivity index (χ1) is 13.8. The van der Waals surface area contributed by atoms with Gasteiger partial charge in [-0.15, -0.1) is 0 Å². The predicted molar refractivity (Wildman–Crippen MR) is 114 cm³/mol. The fourth-order valence-electron chi connectivity index (χ4n) is 2.71. The molecule has 0 aliphatic heterocycles. The number of carbonyl (C=O) groups excluding carboxylic acids is 1. The van der Waals surface area contributed by atoms with Gasteiger partial charge in [0.15, 0.2) is 0 Å². The second-order valence-corrected chi connectivity index (χ2v) is 8.18. The van der Waals surface area contributed by atoms with Crippen LogP contribution in [-0.2, 0) is 16.6 Å². The summed E-state index contributed by atoms with van der Waals surface area (Å²) in [6.07, 6.45) is 1.52. The topological polar surface area (TPSA) is 79.6 Å². The Morgan fingerprint density at radius 3 is 2.34 bits per heavy atom. The Balaban J connectivity index is 1.63. The van der Waals surface area contributed by atoms with Gasteiger partial charge in [0, 0.05) is 18.3 Å². The molecule has 0 saturated carbocycles. The van der Waals surface area contributed by atoms with Crippen molar-refractivity contribution in [1.29, 1.82) is 0 Å². The van der Waals surface area contributed by atoms with Gasteiger partial charge in [-0.3, -0.25) is 9.52 Å². The molecule has 0 fully saturated rings. The summed E-state index contributed by atoms with van der Waals surface area (Å²) in [5.41, 5.74) is 1.62. The summed E-state index contributed by atoms with van der Waals surface area (Å²) < 4.78 is 32.4. The number of hydrogen-bond acceptors (Lipinski definition) is 4. The van der Waals surface area contributed by atoms with Crippen molar-refractivity contribution in [2.45, 2.75) is 13.5 Å². The lowest BCUT2D eigenvalue weighted by atomic mass is 10.2. The van der Waals surface area contributed by atoms with Crippen LogP contribution in [0.15, 0.2) is 76.6 Å². The van der Waals surface area contributed by atoms with E-state index in [0.29, 0.717) is 23.6 Å². The van der Waals surface area contributed by atoms with Crippen molar-refractivity contribution in [1.82, 2.24) is 4.90 Å². The maximum Gasteiger partial charge on any atom is 0.255 e. The van der Waals surface area contributed by atoms with E-state index in [1.165, 1.54) is 6.08 Å². The quantitative estimate of drug-likeness (QED) is 0.631. The van der Waals surface area contributed by atoms with Gasteiger partial charge >= 0.3 is 0 Å². The molecular formula is C22H22N2O4S. The number of anilines is 1. The van der Waals surface area contributed by atoms with E-state index >= 15 is 0 Å². The first kappa shape index (κ1) is 20.4.